The van der Waals surface area contributed by atoms with Gasteiger partial charge in [-0.1, -0.05) is 36.7 Å². The van der Waals surface area contributed by atoms with Crippen molar-refractivity contribution >= 4 is 34.6 Å². The third-order valence-electron chi connectivity index (χ3n) is 6.69. The van der Waals surface area contributed by atoms with Crippen LogP contribution in [0, 0.1) is 13.8 Å². The Morgan fingerprint density at radius 1 is 1.06 bits per heavy atom. The van der Waals surface area contributed by atoms with Crippen LogP contribution in [0.15, 0.2) is 72.9 Å². The summed E-state index contributed by atoms with van der Waals surface area (Å²) < 4.78 is 2.05. The third-order valence-corrected chi connectivity index (χ3v) is 7.24. The molecule has 0 saturated carbocycles. The minimum atomic E-state index is -0.142. The number of pyridine rings is 1. The van der Waals surface area contributed by atoms with Crippen molar-refractivity contribution in [1.29, 1.82) is 0 Å². The molecule has 0 bridgehead atoms. The van der Waals surface area contributed by atoms with Crippen molar-refractivity contribution < 1.29 is 5.11 Å². The molecule has 0 aliphatic carbocycles. The van der Waals surface area contributed by atoms with E-state index in [1.807, 2.05) is 35.9 Å². The van der Waals surface area contributed by atoms with Gasteiger partial charge in [-0.3, -0.25) is 4.98 Å². The number of benzene rings is 2. The van der Waals surface area contributed by atoms with Gasteiger partial charge in [0.25, 0.3) is 0 Å². The minimum absolute atomic E-state index is 0.133. The Morgan fingerprint density at radius 2 is 1.83 bits per heavy atom. The Hall–Kier alpha value is -3.35. The van der Waals surface area contributed by atoms with Crippen LogP contribution >= 0.6 is 23.8 Å². The molecule has 178 valence electrons. The number of hydrogen-bond donors (Lipinski definition) is 2. The van der Waals surface area contributed by atoms with Gasteiger partial charge in [-0.05, 0) is 92.1 Å². The van der Waals surface area contributed by atoms with Gasteiger partial charge < -0.3 is 19.9 Å². The molecule has 1 saturated heterocycles. The number of nitrogens with one attached hydrogen (secondary N) is 1. The zero-order chi connectivity index (χ0) is 24.7. The molecule has 1 aliphatic heterocycles. The standard InChI is InChI=1S/C28H27ClN4OS/c1-4-19-8-11-21(12-9-19)33-27(26(31-28(33)35)23-7-5-6-14-30-23)22-15-17(2)32(18(22)3)24-16-20(29)10-13-25(24)34/h5-16,26-27,34H,4H2,1-3H3,(H,31,35)/t26-,27+/m0/s1. The molecule has 0 radical (unpaired) electrons. The highest BCUT2D eigenvalue weighted by Gasteiger charge is 2.42. The second-order valence-corrected chi connectivity index (χ2v) is 9.63. The molecule has 2 aromatic heterocycles. The van der Waals surface area contributed by atoms with Crippen LogP contribution in [0.3, 0.4) is 0 Å². The van der Waals surface area contributed by atoms with Gasteiger partial charge in [-0.2, -0.15) is 0 Å². The summed E-state index contributed by atoms with van der Waals surface area (Å²) in [7, 11) is 0. The SMILES string of the molecule is CCc1ccc(N2C(=S)N[C@@H](c3ccccn3)[C@H]2c2cc(C)n(-c3cc(Cl)ccc3O)c2C)cc1. The van der Waals surface area contributed by atoms with Crippen LogP contribution in [0.1, 0.15) is 47.2 Å². The van der Waals surface area contributed by atoms with E-state index in [1.165, 1.54) is 5.56 Å². The Kier molecular flexibility index (Phi) is 6.26. The number of aromatic hydroxyl groups is 1. The van der Waals surface area contributed by atoms with E-state index in [4.69, 9.17) is 23.8 Å². The molecule has 7 heteroatoms. The molecular weight excluding hydrogens is 476 g/mol. The summed E-state index contributed by atoms with van der Waals surface area (Å²) in [6.45, 7) is 6.25. The van der Waals surface area contributed by atoms with Gasteiger partial charge in [-0.15, -0.1) is 0 Å². The first-order chi connectivity index (χ1) is 16.9. The predicted octanol–water partition coefficient (Wildman–Crippen LogP) is 6.59. The Labute approximate surface area is 216 Å². The van der Waals surface area contributed by atoms with Crippen LogP contribution in [0.25, 0.3) is 5.69 Å². The van der Waals surface area contributed by atoms with Crippen molar-refractivity contribution in [2.45, 2.75) is 39.3 Å². The maximum atomic E-state index is 10.6. The van der Waals surface area contributed by atoms with E-state index >= 15 is 0 Å². The fourth-order valence-corrected chi connectivity index (χ4v) is 5.49. The van der Waals surface area contributed by atoms with Gasteiger partial charge in [0, 0.05) is 28.3 Å². The number of hydrogen-bond acceptors (Lipinski definition) is 3. The summed E-state index contributed by atoms with van der Waals surface area (Å²) in [4.78, 5) is 6.83. The lowest BCUT2D eigenvalue weighted by Gasteiger charge is -2.28. The number of aromatic nitrogens is 2. The second kappa shape index (κ2) is 9.36. The molecule has 2 atom stereocenters. The number of rotatable bonds is 5. The van der Waals surface area contributed by atoms with Crippen LogP contribution in [0.4, 0.5) is 5.69 Å². The molecule has 2 aromatic carbocycles. The zero-order valence-electron chi connectivity index (χ0n) is 19.9. The lowest BCUT2D eigenvalue weighted by atomic mass is 9.96. The van der Waals surface area contributed by atoms with E-state index in [-0.39, 0.29) is 17.8 Å². The van der Waals surface area contributed by atoms with Gasteiger partial charge in [0.2, 0.25) is 0 Å². The number of phenolic OH excluding ortho intramolecular Hbond substituents is 1. The van der Waals surface area contributed by atoms with E-state index in [2.05, 4.69) is 59.4 Å². The first kappa shape index (κ1) is 23.4. The van der Waals surface area contributed by atoms with Crippen molar-refractivity contribution in [3.63, 3.8) is 0 Å². The number of thiocarbonyl (C=S) groups is 1. The number of anilines is 1. The van der Waals surface area contributed by atoms with E-state index < -0.39 is 0 Å². The maximum Gasteiger partial charge on any atom is 0.174 e. The molecule has 3 heterocycles. The molecule has 0 spiro atoms. The molecular formula is C28H27ClN4OS. The average Bonchev–Trinajstić information content (AvgIpc) is 3.36. The molecule has 1 fully saturated rings. The maximum absolute atomic E-state index is 10.6. The average molecular weight is 503 g/mol. The third kappa shape index (κ3) is 4.17. The van der Waals surface area contributed by atoms with E-state index in [0.717, 1.165) is 34.8 Å². The predicted molar refractivity (Wildman–Crippen MR) is 146 cm³/mol. The molecule has 4 aromatic rings. The lowest BCUT2D eigenvalue weighted by molar-refractivity contribution is 0.471. The Morgan fingerprint density at radius 3 is 2.51 bits per heavy atom. The smallest absolute Gasteiger partial charge is 0.174 e. The summed E-state index contributed by atoms with van der Waals surface area (Å²) in [5, 5.41) is 15.4. The molecule has 35 heavy (non-hydrogen) atoms. The molecule has 5 nitrogen and oxygen atoms in total. The van der Waals surface area contributed by atoms with Crippen molar-refractivity contribution in [3.05, 3.63) is 106 Å². The fourth-order valence-electron chi connectivity index (χ4n) is 4.97. The number of nitrogens with zero attached hydrogens (tertiary/aromatic N) is 3. The fraction of sp³-hybridized carbons (Fsp3) is 0.214. The molecule has 5 rings (SSSR count). The zero-order valence-corrected chi connectivity index (χ0v) is 21.4. The number of halogens is 1. The number of aryl methyl sites for hydroxylation is 2. The van der Waals surface area contributed by atoms with Crippen LogP contribution in [-0.4, -0.2) is 19.8 Å². The van der Waals surface area contributed by atoms with Gasteiger partial charge in [0.05, 0.1) is 23.5 Å². The Bertz CT molecular complexity index is 1380. The topological polar surface area (TPSA) is 53.3 Å². The van der Waals surface area contributed by atoms with Crippen molar-refractivity contribution in [3.8, 4) is 11.4 Å². The van der Waals surface area contributed by atoms with Gasteiger partial charge in [0.15, 0.2) is 5.11 Å². The summed E-state index contributed by atoms with van der Waals surface area (Å²) in [6, 6.07) is 21.5. The molecule has 1 aliphatic rings. The first-order valence-electron chi connectivity index (χ1n) is 11.7. The van der Waals surface area contributed by atoms with Crippen molar-refractivity contribution in [1.82, 2.24) is 14.9 Å². The van der Waals surface area contributed by atoms with Crippen molar-refractivity contribution in [2.75, 3.05) is 4.90 Å². The summed E-state index contributed by atoms with van der Waals surface area (Å²) in [6.07, 6.45) is 2.79. The van der Waals surface area contributed by atoms with Gasteiger partial charge in [0.1, 0.15) is 5.75 Å². The molecule has 0 unspecified atom stereocenters. The first-order valence-corrected chi connectivity index (χ1v) is 12.4. The van der Waals surface area contributed by atoms with Crippen LogP contribution < -0.4 is 10.2 Å². The quantitative estimate of drug-likeness (QED) is 0.301. The van der Waals surface area contributed by atoms with Crippen molar-refractivity contribution in [2.24, 2.45) is 0 Å². The monoisotopic (exact) mass is 502 g/mol. The van der Waals surface area contributed by atoms with Crippen LogP contribution in [0.5, 0.6) is 5.75 Å². The van der Waals surface area contributed by atoms with Gasteiger partial charge in [-0.25, -0.2) is 0 Å². The number of phenols is 1. The largest absolute Gasteiger partial charge is 0.506 e. The highest BCUT2D eigenvalue weighted by molar-refractivity contribution is 7.80. The molecule has 0 amide bonds. The van der Waals surface area contributed by atoms with E-state index in [1.54, 1.807) is 18.2 Å². The minimum Gasteiger partial charge on any atom is -0.506 e. The summed E-state index contributed by atoms with van der Waals surface area (Å²) in [5.41, 5.74) is 6.98. The highest BCUT2D eigenvalue weighted by atomic mass is 35.5. The van der Waals surface area contributed by atoms with Gasteiger partial charge >= 0.3 is 0 Å². The molecule has 2 N–H and O–H groups in total. The highest BCUT2D eigenvalue weighted by Crippen LogP contribution is 2.44. The normalized spacial score (nSPS) is 17.6. The van der Waals surface area contributed by atoms with E-state index in [9.17, 15) is 5.11 Å². The summed E-state index contributed by atoms with van der Waals surface area (Å²) >= 11 is 12.2. The van der Waals surface area contributed by atoms with E-state index in [0.29, 0.717) is 15.8 Å². The lowest BCUT2D eigenvalue weighted by Crippen LogP contribution is -2.29. The van der Waals surface area contributed by atoms with Crippen LogP contribution in [0.2, 0.25) is 5.02 Å². The van der Waals surface area contributed by atoms with Crippen LogP contribution in [-0.2, 0) is 6.42 Å². The second-order valence-electron chi connectivity index (χ2n) is 8.81. The summed E-state index contributed by atoms with van der Waals surface area (Å²) in [5.74, 6) is 0.177. The Balaban J connectivity index is 1.68.